The molecule has 5 heteroatoms. The molecule has 0 spiro atoms. The smallest absolute Gasteiger partial charge is 0.255 e. The molecule has 0 radical (unpaired) electrons. The fourth-order valence-electron chi connectivity index (χ4n) is 2.72. The molecule has 0 fully saturated rings. The Balaban J connectivity index is 1.77. The van der Waals surface area contributed by atoms with Crippen LogP contribution < -0.4 is 5.32 Å². The number of amides is 1. The lowest BCUT2D eigenvalue weighted by Crippen LogP contribution is -2.27. The van der Waals surface area contributed by atoms with Crippen LogP contribution in [0.2, 0.25) is 0 Å². The van der Waals surface area contributed by atoms with E-state index in [4.69, 9.17) is 0 Å². The topological polar surface area (TPSA) is 51.9 Å². The van der Waals surface area contributed by atoms with E-state index in [0.717, 1.165) is 23.5 Å². The normalized spacial score (nSPS) is 12.1. The number of benzene rings is 1. The van der Waals surface area contributed by atoms with Crippen molar-refractivity contribution in [1.82, 2.24) is 19.7 Å². The number of nitrogens with zero attached hydrogens (tertiary/aromatic N) is 3. The summed E-state index contributed by atoms with van der Waals surface area (Å²) in [6.45, 7) is 6.61. The average Bonchev–Trinajstić information content (AvgIpc) is 3.24. The molecule has 0 bridgehead atoms. The van der Waals surface area contributed by atoms with E-state index in [1.165, 1.54) is 0 Å². The highest BCUT2D eigenvalue weighted by atomic mass is 16.1. The Bertz CT molecular complexity index is 833. The van der Waals surface area contributed by atoms with E-state index in [9.17, 15) is 4.79 Å². The summed E-state index contributed by atoms with van der Waals surface area (Å²) < 4.78 is 3.83. The van der Waals surface area contributed by atoms with Crippen LogP contribution in [0.1, 0.15) is 41.5 Å². The first kappa shape index (κ1) is 16.1. The van der Waals surface area contributed by atoms with Crippen molar-refractivity contribution >= 4 is 5.91 Å². The molecule has 1 amide bonds. The van der Waals surface area contributed by atoms with Gasteiger partial charge in [-0.1, -0.05) is 12.1 Å². The third-order valence-corrected chi connectivity index (χ3v) is 4.14. The number of carbonyl (C=O) groups excluding carboxylic acids is 1. The lowest BCUT2D eigenvalue weighted by Gasteiger charge is -2.15. The molecule has 5 nitrogen and oxygen atoms in total. The van der Waals surface area contributed by atoms with E-state index in [1.54, 1.807) is 10.9 Å². The van der Waals surface area contributed by atoms with Crippen molar-refractivity contribution in [3.63, 3.8) is 0 Å². The van der Waals surface area contributed by atoms with Gasteiger partial charge in [0.25, 0.3) is 5.91 Å². The lowest BCUT2D eigenvalue weighted by molar-refractivity contribution is 0.0939. The van der Waals surface area contributed by atoms with Crippen molar-refractivity contribution in [2.45, 2.75) is 33.4 Å². The molecule has 2 heterocycles. The Morgan fingerprint density at radius 1 is 1.25 bits per heavy atom. The standard InChI is InChI=1S/C19H22N4O/c1-4-23-13-18(15(3)21-23)19(24)20-14(2)16-8-7-9-17(12-16)22-10-5-6-11-22/h5-14H,4H2,1-3H3,(H,20,24). The number of rotatable bonds is 5. The van der Waals surface area contributed by atoms with Crippen molar-refractivity contribution in [3.05, 3.63) is 71.8 Å². The third-order valence-electron chi connectivity index (χ3n) is 4.14. The zero-order valence-corrected chi connectivity index (χ0v) is 14.2. The van der Waals surface area contributed by atoms with Gasteiger partial charge in [0.15, 0.2) is 0 Å². The van der Waals surface area contributed by atoms with Gasteiger partial charge in [0.2, 0.25) is 0 Å². The number of nitrogens with one attached hydrogen (secondary N) is 1. The van der Waals surface area contributed by atoms with Crippen LogP contribution in [0.15, 0.2) is 55.0 Å². The molecular weight excluding hydrogens is 300 g/mol. The number of hydrogen-bond donors (Lipinski definition) is 1. The Hall–Kier alpha value is -2.82. The van der Waals surface area contributed by atoms with E-state index in [1.807, 2.05) is 68.1 Å². The summed E-state index contributed by atoms with van der Waals surface area (Å²) in [6.07, 6.45) is 5.81. The number of hydrogen-bond acceptors (Lipinski definition) is 2. The Morgan fingerprint density at radius 3 is 2.67 bits per heavy atom. The van der Waals surface area contributed by atoms with Crippen LogP contribution in [0.4, 0.5) is 0 Å². The van der Waals surface area contributed by atoms with Crippen LogP contribution in [-0.4, -0.2) is 20.3 Å². The molecule has 2 aromatic heterocycles. The van der Waals surface area contributed by atoms with Gasteiger partial charge in [-0.05, 0) is 50.6 Å². The molecule has 1 N–H and O–H groups in total. The van der Waals surface area contributed by atoms with Crippen molar-refractivity contribution < 1.29 is 4.79 Å². The lowest BCUT2D eigenvalue weighted by atomic mass is 10.1. The van der Waals surface area contributed by atoms with Crippen molar-refractivity contribution in [2.75, 3.05) is 0 Å². The maximum Gasteiger partial charge on any atom is 0.255 e. The summed E-state index contributed by atoms with van der Waals surface area (Å²) in [5, 5.41) is 7.39. The Kier molecular flexibility index (Phi) is 4.51. The van der Waals surface area contributed by atoms with Crippen LogP contribution in [0.3, 0.4) is 0 Å². The summed E-state index contributed by atoms with van der Waals surface area (Å²) in [5.41, 5.74) is 3.52. The zero-order valence-electron chi connectivity index (χ0n) is 14.2. The number of aryl methyl sites for hydroxylation is 2. The fourth-order valence-corrected chi connectivity index (χ4v) is 2.72. The number of aromatic nitrogens is 3. The van der Waals surface area contributed by atoms with E-state index in [0.29, 0.717) is 5.56 Å². The van der Waals surface area contributed by atoms with E-state index in [-0.39, 0.29) is 11.9 Å². The van der Waals surface area contributed by atoms with Crippen molar-refractivity contribution in [2.24, 2.45) is 0 Å². The first-order valence-electron chi connectivity index (χ1n) is 8.16. The molecule has 24 heavy (non-hydrogen) atoms. The monoisotopic (exact) mass is 322 g/mol. The summed E-state index contributed by atoms with van der Waals surface area (Å²) in [4.78, 5) is 12.5. The summed E-state index contributed by atoms with van der Waals surface area (Å²) in [7, 11) is 0. The second-order valence-electron chi connectivity index (χ2n) is 5.86. The van der Waals surface area contributed by atoms with E-state index in [2.05, 4.69) is 16.5 Å². The van der Waals surface area contributed by atoms with Gasteiger partial charge in [-0.3, -0.25) is 9.48 Å². The molecule has 124 valence electrons. The summed E-state index contributed by atoms with van der Waals surface area (Å²) >= 11 is 0. The van der Waals surface area contributed by atoms with Crippen LogP contribution >= 0.6 is 0 Å². The second kappa shape index (κ2) is 6.74. The SMILES string of the molecule is CCn1cc(C(=O)NC(C)c2cccc(-n3cccc3)c2)c(C)n1. The minimum Gasteiger partial charge on any atom is -0.345 e. The quantitative estimate of drug-likeness (QED) is 0.782. The highest BCUT2D eigenvalue weighted by Crippen LogP contribution is 2.18. The number of carbonyl (C=O) groups is 1. The first-order chi connectivity index (χ1) is 11.6. The summed E-state index contributed by atoms with van der Waals surface area (Å²) in [5.74, 6) is -0.0916. The molecule has 3 rings (SSSR count). The molecule has 0 saturated heterocycles. The Morgan fingerprint density at radius 2 is 2.00 bits per heavy atom. The average molecular weight is 322 g/mol. The van der Waals surface area contributed by atoms with Gasteiger partial charge in [0, 0.05) is 30.8 Å². The van der Waals surface area contributed by atoms with Crippen LogP contribution in [-0.2, 0) is 6.54 Å². The van der Waals surface area contributed by atoms with Crippen LogP contribution in [0, 0.1) is 6.92 Å². The van der Waals surface area contributed by atoms with Crippen molar-refractivity contribution in [1.29, 1.82) is 0 Å². The van der Waals surface area contributed by atoms with Gasteiger partial charge in [-0.25, -0.2) is 0 Å². The zero-order chi connectivity index (χ0) is 17.1. The highest BCUT2D eigenvalue weighted by Gasteiger charge is 2.16. The van der Waals surface area contributed by atoms with Crippen LogP contribution in [0.25, 0.3) is 5.69 Å². The minimum atomic E-state index is -0.0916. The molecule has 1 atom stereocenters. The van der Waals surface area contributed by atoms with Crippen molar-refractivity contribution in [3.8, 4) is 5.69 Å². The third kappa shape index (κ3) is 3.25. The maximum absolute atomic E-state index is 12.5. The fraction of sp³-hybridized carbons (Fsp3) is 0.263. The predicted molar refractivity (Wildman–Crippen MR) is 94.3 cm³/mol. The van der Waals surface area contributed by atoms with Gasteiger partial charge in [0.05, 0.1) is 17.3 Å². The van der Waals surface area contributed by atoms with E-state index >= 15 is 0 Å². The molecular formula is C19H22N4O. The van der Waals surface area contributed by atoms with Gasteiger partial charge in [-0.2, -0.15) is 5.10 Å². The molecule has 3 aromatic rings. The molecule has 0 aliphatic rings. The summed E-state index contributed by atoms with van der Waals surface area (Å²) in [6, 6.07) is 12.1. The molecule has 1 aromatic carbocycles. The predicted octanol–water partition coefficient (Wildman–Crippen LogP) is 3.49. The second-order valence-corrected chi connectivity index (χ2v) is 5.86. The van der Waals surface area contributed by atoms with E-state index < -0.39 is 0 Å². The highest BCUT2D eigenvalue weighted by molar-refractivity contribution is 5.95. The van der Waals surface area contributed by atoms with Gasteiger partial charge in [0.1, 0.15) is 0 Å². The van der Waals surface area contributed by atoms with Crippen LogP contribution in [0.5, 0.6) is 0 Å². The van der Waals surface area contributed by atoms with Gasteiger partial charge < -0.3 is 9.88 Å². The largest absolute Gasteiger partial charge is 0.345 e. The van der Waals surface area contributed by atoms with Gasteiger partial charge >= 0.3 is 0 Å². The van der Waals surface area contributed by atoms with Gasteiger partial charge in [-0.15, -0.1) is 0 Å². The maximum atomic E-state index is 12.5. The molecule has 0 aliphatic heterocycles. The first-order valence-corrected chi connectivity index (χ1v) is 8.16. The molecule has 1 unspecified atom stereocenters. The Labute approximate surface area is 141 Å². The molecule has 0 aliphatic carbocycles. The minimum absolute atomic E-state index is 0.0858. The molecule has 0 saturated carbocycles.